The average molecular weight is 344 g/mol. The number of nitrogens with zero attached hydrogens (tertiary/aromatic N) is 1. The van der Waals surface area contributed by atoms with Crippen LogP contribution in [0, 0.1) is 0 Å². The van der Waals surface area contributed by atoms with Crippen molar-refractivity contribution in [2.45, 2.75) is 26.2 Å². The van der Waals surface area contributed by atoms with Crippen LogP contribution in [0.4, 0.5) is 5.13 Å². The van der Waals surface area contributed by atoms with Crippen LogP contribution < -0.4 is 5.32 Å². The maximum Gasteiger partial charge on any atom is 0.226 e. The van der Waals surface area contributed by atoms with E-state index in [-0.39, 0.29) is 24.5 Å². The molecule has 0 aliphatic heterocycles. The van der Waals surface area contributed by atoms with Crippen LogP contribution in [0.3, 0.4) is 0 Å². The first-order chi connectivity index (χ1) is 11.2. The van der Waals surface area contributed by atoms with Gasteiger partial charge in [-0.25, -0.2) is 4.98 Å². The minimum absolute atomic E-state index is 0.00652. The number of nitrogens with one attached hydrogen (secondary N) is 1. The largest absolute Gasteiger partial charge is 0.302 e. The van der Waals surface area contributed by atoms with E-state index < -0.39 is 0 Å². The van der Waals surface area contributed by atoms with Crippen molar-refractivity contribution in [1.29, 1.82) is 0 Å². The first-order valence-corrected chi connectivity index (χ1v) is 9.11. The number of hydrogen-bond donors (Lipinski definition) is 1. The molecule has 0 atom stereocenters. The number of fused-ring (bicyclic) bond motifs is 1. The molecule has 118 valence electrons. The highest BCUT2D eigenvalue weighted by atomic mass is 32.1. The zero-order chi connectivity index (χ0) is 16.2. The molecule has 0 saturated carbocycles. The Bertz CT molecular complexity index is 838. The third-order valence-electron chi connectivity index (χ3n) is 3.48. The van der Waals surface area contributed by atoms with E-state index in [0.29, 0.717) is 10.0 Å². The fourth-order valence-corrected chi connectivity index (χ4v) is 3.85. The van der Waals surface area contributed by atoms with E-state index in [1.165, 1.54) is 28.2 Å². The summed E-state index contributed by atoms with van der Waals surface area (Å²) in [6, 6.07) is 9.74. The summed E-state index contributed by atoms with van der Waals surface area (Å²) in [5.74, 6) is -0.170. The molecular formula is C17H16N2O2S2. The summed E-state index contributed by atoms with van der Waals surface area (Å²) in [6.45, 7) is 2.11. The number of Topliss-reactive ketones (excluding diaryl/α,β-unsaturated/α-hetero) is 1. The molecule has 23 heavy (non-hydrogen) atoms. The normalized spacial score (nSPS) is 10.8. The maximum atomic E-state index is 12.0. The number of carbonyl (C=O) groups is 2. The molecule has 0 unspecified atom stereocenters. The van der Waals surface area contributed by atoms with Crippen molar-refractivity contribution in [3.8, 4) is 0 Å². The number of benzene rings is 1. The van der Waals surface area contributed by atoms with E-state index in [0.717, 1.165) is 16.6 Å². The molecule has 1 aromatic carbocycles. The molecule has 0 aliphatic rings. The summed E-state index contributed by atoms with van der Waals surface area (Å²) < 4.78 is 1.06. The van der Waals surface area contributed by atoms with E-state index in [1.807, 2.05) is 23.6 Å². The van der Waals surface area contributed by atoms with E-state index in [1.54, 1.807) is 6.07 Å². The van der Waals surface area contributed by atoms with Crippen LogP contribution in [0.5, 0.6) is 0 Å². The van der Waals surface area contributed by atoms with Gasteiger partial charge in [-0.2, -0.15) is 0 Å². The summed E-state index contributed by atoms with van der Waals surface area (Å²) in [5, 5.41) is 5.23. The summed E-state index contributed by atoms with van der Waals surface area (Å²) in [7, 11) is 0. The number of ketones is 1. The van der Waals surface area contributed by atoms with Gasteiger partial charge in [-0.3, -0.25) is 9.59 Å². The standard InChI is InChI=1S/C17H16N2O2S2/c1-2-11-5-6-12-15(10-11)23-17(18-12)19-16(21)8-7-13(20)14-4-3-9-22-14/h3-6,9-10H,2,7-8H2,1H3,(H,18,19,21). The van der Waals surface area contributed by atoms with Crippen LogP contribution in [0.2, 0.25) is 0 Å². The van der Waals surface area contributed by atoms with Crippen LogP contribution in [0.15, 0.2) is 35.7 Å². The van der Waals surface area contributed by atoms with Gasteiger partial charge in [0.1, 0.15) is 0 Å². The monoisotopic (exact) mass is 344 g/mol. The van der Waals surface area contributed by atoms with Gasteiger partial charge in [0.2, 0.25) is 5.91 Å². The van der Waals surface area contributed by atoms with Gasteiger partial charge in [-0.1, -0.05) is 30.4 Å². The third kappa shape index (κ3) is 3.83. The van der Waals surface area contributed by atoms with Crippen molar-refractivity contribution in [2.24, 2.45) is 0 Å². The lowest BCUT2D eigenvalue weighted by molar-refractivity contribution is -0.116. The second-order valence-electron chi connectivity index (χ2n) is 5.12. The Morgan fingerprint density at radius 2 is 2.09 bits per heavy atom. The smallest absolute Gasteiger partial charge is 0.226 e. The lowest BCUT2D eigenvalue weighted by Gasteiger charge is -2.00. The zero-order valence-electron chi connectivity index (χ0n) is 12.7. The number of amides is 1. The molecule has 3 aromatic rings. The van der Waals surface area contributed by atoms with Crippen molar-refractivity contribution in [3.05, 3.63) is 46.2 Å². The predicted molar refractivity (Wildman–Crippen MR) is 95.5 cm³/mol. The molecule has 6 heteroatoms. The van der Waals surface area contributed by atoms with E-state index in [2.05, 4.69) is 23.3 Å². The van der Waals surface area contributed by atoms with Crippen molar-refractivity contribution in [3.63, 3.8) is 0 Å². The van der Waals surface area contributed by atoms with Crippen molar-refractivity contribution in [1.82, 2.24) is 4.98 Å². The summed E-state index contributed by atoms with van der Waals surface area (Å²) >= 11 is 2.86. The molecule has 1 N–H and O–H groups in total. The maximum absolute atomic E-state index is 12.0. The number of hydrogen-bond acceptors (Lipinski definition) is 5. The molecule has 3 rings (SSSR count). The molecule has 2 aromatic heterocycles. The van der Waals surface area contributed by atoms with Gasteiger partial charge in [0.25, 0.3) is 0 Å². The summed E-state index contributed by atoms with van der Waals surface area (Å²) in [4.78, 5) is 29.0. The molecule has 0 radical (unpaired) electrons. The number of carbonyl (C=O) groups excluding carboxylic acids is 2. The number of anilines is 1. The Labute approximate surface area is 142 Å². The highest BCUT2D eigenvalue weighted by Crippen LogP contribution is 2.27. The molecule has 1 amide bonds. The van der Waals surface area contributed by atoms with Crippen LogP contribution >= 0.6 is 22.7 Å². The average Bonchev–Trinajstić information content (AvgIpc) is 3.20. The van der Waals surface area contributed by atoms with Crippen LogP contribution in [-0.2, 0) is 11.2 Å². The van der Waals surface area contributed by atoms with Crippen molar-refractivity contribution in [2.75, 3.05) is 5.32 Å². The number of rotatable bonds is 6. The lowest BCUT2D eigenvalue weighted by Crippen LogP contribution is -2.12. The van der Waals surface area contributed by atoms with Crippen molar-refractivity contribution >= 4 is 49.7 Å². The second kappa shape index (κ2) is 7.02. The number of thiazole rings is 1. The molecular weight excluding hydrogens is 328 g/mol. The van der Waals surface area contributed by atoms with Gasteiger partial charge in [0, 0.05) is 12.8 Å². The Morgan fingerprint density at radius 3 is 2.83 bits per heavy atom. The number of aryl methyl sites for hydroxylation is 1. The molecule has 0 aliphatic carbocycles. The van der Waals surface area contributed by atoms with Crippen molar-refractivity contribution < 1.29 is 9.59 Å². The SMILES string of the molecule is CCc1ccc2nc(NC(=O)CCC(=O)c3cccs3)sc2c1. The molecule has 0 spiro atoms. The minimum atomic E-state index is -0.176. The number of thiophene rings is 1. The molecule has 0 bridgehead atoms. The minimum Gasteiger partial charge on any atom is -0.302 e. The van der Waals surface area contributed by atoms with E-state index in [4.69, 9.17) is 0 Å². The fourth-order valence-electron chi connectivity index (χ4n) is 2.21. The van der Waals surface area contributed by atoms with Gasteiger partial charge < -0.3 is 5.32 Å². The van der Waals surface area contributed by atoms with Gasteiger partial charge in [0.15, 0.2) is 10.9 Å². The molecule has 2 heterocycles. The van der Waals surface area contributed by atoms with Gasteiger partial charge in [0.05, 0.1) is 15.1 Å². The third-order valence-corrected chi connectivity index (χ3v) is 5.33. The fraction of sp³-hybridized carbons (Fsp3) is 0.235. The quantitative estimate of drug-likeness (QED) is 0.669. The Morgan fingerprint density at radius 1 is 1.22 bits per heavy atom. The van der Waals surface area contributed by atoms with Crippen LogP contribution in [0.1, 0.15) is 35.0 Å². The summed E-state index contributed by atoms with van der Waals surface area (Å²) in [5.41, 5.74) is 2.14. The number of aromatic nitrogens is 1. The predicted octanol–water partition coefficient (Wildman–Crippen LogP) is 4.52. The van der Waals surface area contributed by atoms with Gasteiger partial charge >= 0.3 is 0 Å². The Balaban J connectivity index is 1.60. The Kier molecular flexibility index (Phi) is 4.83. The highest BCUT2D eigenvalue weighted by molar-refractivity contribution is 7.22. The first kappa shape index (κ1) is 15.8. The van der Waals surface area contributed by atoms with E-state index in [9.17, 15) is 9.59 Å². The summed E-state index contributed by atoms with van der Waals surface area (Å²) in [6.07, 6.45) is 1.37. The molecule has 4 nitrogen and oxygen atoms in total. The first-order valence-electron chi connectivity index (χ1n) is 7.41. The van der Waals surface area contributed by atoms with Gasteiger partial charge in [-0.15, -0.1) is 11.3 Å². The highest BCUT2D eigenvalue weighted by Gasteiger charge is 2.12. The zero-order valence-corrected chi connectivity index (χ0v) is 14.3. The lowest BCUT2D eigenvalue weighted by atomic mass is 10.2. The van der Waals surface area contributed by atoms with E-state index >= 15 is 0 Å². The molecule has 0 fully saturated rings. The van der Waals surface area contributed by atoms with Gasteiger partial charge in [-0.05, 0) is 35.6 Å². The second-order valence-corrected chi connectivity index (χ2v) is 7.10. The van der Waals surface area contributed by atoms with Crippen LogP contribution in [-0.4, -0.2) is 16.7 Å². The molecule has 0 saturated heterocycles. The Hall–Kier alpha value is -2.05. The topological polar surface area (TPSA) is 59.1 Å². The van der Waals surface area contributed by atoms with Crippen LogP contribution in [0.25, 0.3) is 10.2 Å².